The average molecular weight is 260 g/mol. The fraction of sp³-hybridized carbons (Fsp3) is 0.222. The number of ether oxygens (including phenoxy) is 1. The van der Waals surface area contributed by atoms with E-state index in [1.165, 1.54) is 10.6 Å². The summed E-state index contributed by atoms with van der Waals surface area (Å²) < 4.78 is 6.29. The Labute approximate surface area is 101 Å². The van der Waals surface area contributed by atoms with Gasteiger partial charge in [0.25, 0.3) is 0 Å². The largest absolute Gasteiger partial charge is 0.461 e. The highest BCUT2D eigenvalue weighted by Crippen LogP contribution is 2.22. The number of carbonyl (C=O) groups excluding carboxylic acids is 1. The summed E-state index contributed by atoms with van der Waals surface area (Å²) in [5.41, 5.74) is 0.371. The molecule has 0 radical (unpaired) electrons. The van der Waals surface area contributed by atoms with Gasteiger partial charge in [-0.2, -0.15) is 0 Å². The van der Waals surface area contributed by atoms with E-state index in [0.717, 1.165) is 0 Å². The van der Waals surface area contributed by atoms with E-state index in [0.29, 0.717) is 5.65 Å². The van der Waals surface area contributed by atoms with E-state index < -0.39 is 5.97 Å². The summed E-state index contributed by atoms with van der Waals surface area (Å²) in [4.78, 5) is 19.3. The molecule has 0 bridgehead atoms. The average Bonchev–Trinajstić information content (AvgIpc) is 2.59. The summed E-state index contributed by atoms with van der Waals surface area (Å²) in [7, 11) is 0. The Bertz CT molecular complexity index is 553. The summed E-state index contributed by atoms with van der Waals surface area (Å²) in [5, 5.41) is 0.345. The SMILES string of the molecule is CCOC(=O)c1nc2c(Cl)nccn2c1Cl. The minimum Gasteiger partial charge on any atom is -0.461 e. The molecule has 2 aromatic heterocycles. The first-order valence-corrected chi connectivity index (χ1v) is 5.26. The van der Waals surface area contributed by atoms with Gasteiger partial charge < -0.3 is 4.74 Å². The van der Waals surface area contributed by atoms with Crippen molar-refractivity contribution in [2.75, 3.05) is 6.61 Å². The topological polar surface area (TPSA) is 56.5 Å². The zero-order valence-electron chi connectivity index (χ0n) is 8.28. The van der Waals surface area contributed by atoms with Crippen LogP contribution in [0.15, 0.2) is 12.4 Å². The van der Waals surface area contributed by atoms with Crippen LogP contribution in [0.4, 0.5) is 0 Å². The molecule has 2 heterocycles. The number of fused-ring (bicyclic) bond motifs is 1. The molecule has 0 atom stereocenters. The molecule has 0 amide bonds. The Balaban J connectivity index is 2.60. The molecule has 0 N–H and O–H groups in total. The molecule has 84 valence electrons. The molecule has 0 aliphatic rings. The fourth-order valence-corrected chi connectivity index (χ4v) is 1.69. The number of imidazole rings is 1. The number of aromatic nitrogens is 3. The first kappa shape index (κ1) is 11.2. The quantitative estimate of drug-likeness (QED) is 0.777. The van der Waals surface area contributed by atoms with Crippen LogP contribution in [0.5, 0.6) is 0 Å². The molecular weight excluding hydrogens is 253 g/mol. The second-order valence-electron chi connectivity index (χ2n) is 2.88. The molecule has 0 saturated heterocycles. The number of esters is 1. The van der Waals surface area contributed by atoms with Crippen LogP contribution in [0.3, 0.4) is 0 Å². The van der Waals surface area contributed by atoms with E-state index in [-0.39, 0.29) is 22.6 Å². The van der Waals surface area contributed by atoms with Crippen molar-refractivity contribution < 1.29 is 9.53 Å². The lowest BCUT2D eigenvalue weighted by atomic mass is 10.5. The van der Waals surface area contributed by atoms with Crippen molar-refractivity contribution in [3.05, 3.63) is 28.4 Å². The van der Waals surface area contributed by atoms with Crippen molar-refractivity contribution in [3.63, 3.8) is 0 Å². The van der Waals surface area contributed by atoms with Gasteiger partial charge in [-0.3, -0.25) is 4.40 Å². The van der Waals surface area contributed by atoms with Crippen molar-refractivity contribution in [2.24, 2.45) is 0 Å². The van der Waals surface area contributed by atoms with E-state index >= 15 is 0 Å². The molecule has 2 aromatic rings. The summed E-state index contributed by atoms with van der Waals surface area (Å²) in [6, 6.07) is 0. The molecule has 5 nitrogen and oxygen atoms in total. The zero-order valence-corrected chi connectivity index (χ0v) is 9.79. The highest BCUT2D eigenvalue weighted by molar-refractivity contribution is 6.34. The molecular formula is C9H7Cl2N3O2. The van der Waals surface area contributed by atoms with Gasteiger partial charge in [0.15, 0.2) is 16.5 Å². The molecule has 16 heavy (non-hydrogen) atoms. The van der Waals surface area contributed by atoms with Gasteiger partial charge in [0.05, 0.1) is 6.61 Å². The van der Waals surface area contributed by atoms with E-state index in [1.54, 1.807) is 13.1 Å². The first-order valence-electron chi connectivity index (χ1n) is 4.50. The summed E-state index contributed by atoms with van der Waals surface area (Å²) in [5.74, 6) is -0.577. The second kappa shape index (κ2) is 4.27. The third-order valence-electron chi connectivity index (χ3n) is 1.91. The summed E-state index contributed by atoms with van der Waals surface area (Å²) in [6.07, 6.45) is 3.04. The van der Waals surface area contributed by atoms with Crippen molar-refractivity contribution in [1.82, 2.24) is 14.4 Å². The first-order chi connectivity index (χ1) is 7.65. The number of hydrogen-bond donors (Lipinski definition) is 0. The number of hydrogen-bond acceptors (Lipinski definition) is 4. The lowest BCUT2D eigenvalue weighted by Crippen LogP contribution is -2.05. The Morgan fingerprint density at radius 2 is 2.31 bits per heavy atom. The Kier molecular flexibility index (Phi) is 2.98. The monoisotopic (exact) mass is 259 g/mol. The van der Waals surface area contributed by atoms with Crippen LogP contribution in [0, 0.1) is 0 Å². The van der Waals surface area contributed by atoms with Crippen molar-refractivity contribution in [3.8, 4) is 0 Å². The number of nitrogens with zero attached hydrogens (tertiary/aromatic N) is 3. The molecule has 7 heteroatoms. The maximum atomic E-state index is 11.5. The summed E-state index contributed by atoms with van der Waals surface area (Å²) in [6.45, 7) is 1.96. The van der Waals surface area contributed by atoms with Crippen LogP contribution in [0.25, 0.3) is 5.65 Å². The zero-order chi connectivity index (χ0) is 11.7. The van der Waals surface area contributed by atoms with Gasteiger partial charge in [-0.05, 0) is 6.92 Å². The maximum Gasteiger partial charge on any atom is 0.360 e. The van der Waals surface area contributed by atoms with Crippen molar-refractivity contribution in [2.45, 2.75) is 6.92 Å². The summed E-state index contributed by atoms with van der Waals surface area (Å²) >= 11 is 11.8. The Morgan fingerprint density at radius 1 is 1.56 bits per heavy atom. The number of halogens is 2. The van der Waals surface area contributed by atoms with Gasteiger partial charge in [-0.15, -0.1) is 0 Å². The van der Waals surface area contributed by atoms with E-state index in [9.17, 15) is 4.79 Å². The van der Waals surface area contributed by atoms with Gasteiger partial charge >= 0.3 is 5.97 Å². The normalized spacial score (nSPS) is 10.7. The molecule has 0 saturated carbocycles. The van der Waals surface area contributed by atoms with Gasteiger partial charge in [0, 0.05) is 12.4 Å². The Morgan fingerprint density at radius 3 is 2.94 bits per heavy atom. The van der Waals surface area contributed by atoms with Crippen LogP contribution in [-0.2, 0) is 4.74 Å². The molecule has 0 fully saturated rings. The van der Waals surface area contributed by atoms with Crippen molar-refractivity contribution in [1.29, 1.82) is 0 Å². The van der Waals surface area contributed by atoms with Crippen LogP contribution in [-0.4, -0.2) is 26.9 Å². The second-order valence-corrected chi connectivity index (χ2v) is 3.60. The lowest BCUT2D eigenvalue weighted by Gasteiger charge is -1.97. The van der Waals surface area contributed by atoms with Gasteiger partial charge in [0.1, 0.15) is 5.15 Å². The highest BCUT2D eigenvalue weighted by Gasteiger charge is 2.19. The molecule has 0 aromatic carbocycles. The third kappa shape index (κ3) is 1.72. The number of carbonyl (C=O) groups is 1. The van der Waals surface area contributed by atoms with Crippen LogP contribution < -0.4 is 0 Å². The predicted molar refractivity (Wildman–Crippen MR) is 59.0 cm³/mol. The van der Waals surface area contributed by atoms with E-state index in [4.69, 9.17) is 27.9 Å². The predicted octanol–water partition coefficient (Wildman–Crippen LogP) is 2.21. The van der Waals surface area contributed by atoms with Gasteiger partial charge in [0.2, 0.25) is 0 Å². The number of rotatable bonds is 2. The highest BCUT2D eigenvalue weighted by atomic mass is 35.5. The molecule has 0 aliphatic heterocycles. The minimum absolute atomic E-state index is 0.0402. The van der Waals surface area contributed by atoms with Gasteiger partial charge in [-0.1, -0.05) is 23.2 Å². The third-order valence-corrected chi connectivity index (χ3v) is 2.54. The van der Waals surface area contributed by atoms with Crippen LogP contribution in [0.2, 0.25) is 10.3 Å². The molecule has 0 aliphatic carbocycles. The maximum absolute atomic E-state index is 11.5. The van der Waals surface area contributed by atoms with Crippen LogP contribution in [0.1, 0.15) is 17.4 Å². The van der Waals surface area contributed by atoms with Gasteiger partial charge in [-0.25, -0.2) is 14.8 Å². The van der Waals surface area contributed by atoms with Crippen molar-refractivity contribution >= 4 is 34.8 Å². The Hall–Kier alpha value is -1.33. The molecule has 2 rings (SSSR count). The molecule has 0 unspecified atom stereocenters. The standard InChI is InChI=1S/C9H7Cl2N3O2/c1-2-16-9(15)5-7(11)14-4-3-12-6(10)8(14)13-5/h3-4H,2H2,1H3. The van der Waals surface area contributed by atoms with E-state index in [2.05, 4.69) is 9.97 Å². The fourth-order valence-electron chi connectivity index (χ4n) is 1.25. The van der Waals surface area contributed by atoms with Crippen LogP contribution >= 0.6 is 23.2 Å². The lowest BCUT2D eigenvalue weighted by molar-refractivity contribution is 0.0520. The van der Waals surface area contributed by atoms with E-state index in [1.807, 2.05) is 0 Å². The smallest absolute Gasteiger partial charge is 0.360 e. The minimum atomic E-state index is -0.577. The molecule has 0 spiro atoms.